The highest BCUT2D eigenvalue weighted by atomic mass is 16.5. The quantitative estimate of drug-likeness (QED) is 0.899. The van der Waals surface area contributed by atoms with Crippen LogP contribution in [0.3, 0.4) is 0 Å². The van der Waals surface area contributed by atoms with E-state index in [1.54, 1.807) is 18.3 Å². The molecule has 1 saturated heterocycles. The summed E-state index contributed by atoms with van der Waals surface area (Å²) < 4.78 is 5.11. The molecule has 1 fully saturated rings. The van der Waals surface area contributed by atoms with E-state index in [-0.39, 0.29) is 5.91 Å². The molecule has 5 nitrogen and oxygen atoms in total. The van der Waals surface area contributed by atoms with E-state index < -0.39 is 0 Å². The lowest BCUT2D eigenvalue weighted by Gasteiger charge is -2.34. The molecule has 116 valence electrons. The monoisotopic (exact) mass is 291 g/mol. The van der Waals surface area contributed by atoms with Crippen molar-refractivity contribution in [1.29, 1.82) is 0 Å². The second kappa shape index (κ2) is 7.41. The van der Waals surface area contributed by atoms with Gasteiger partial charge in [0.25, 0.3) is 5.91 Å². The highest BCUT2D eigenvalue weighted by Crippen LogP contribution is 2.20. The van der Waals surface area contributed by atoms with Crippen molar-refractivity contribution in [2.24, 2.45) is 11.8 Å². The second-order valence-corrected chi connectivity index (χ2v) is 6.02. The van der Waals surface area contributed by atoms with Crippen LogP contribution >= 0.6 is 0 Å². The lowest BCUT2D eigenvalue weighted by molar-refractivity contribution is 0.0933. The van der Waals surface area contributed by atoms with Gasteiger partial charge in [-0.15, -0.1) is 0 Å². The maximum absolute atomic E-state index is 12.1. The zero-order valence-corrected chi connectivity index (χ0v) is 13.1. The minimum Gasteiger partial charge on any atom is -0.480 e. The average molecular weight is 291 g/mol. The number of methoxy groups -OCH3 is 1. The molecule has 2 heterocycles. The molecular formula is C16H25N3O2. The average Bonchev–Trinajstić information content (AvgIpc) is 2.46. The van der Waals surface area contributed by atoms with Gasteiger partial charge in [-0.2, -0.15) is 0 Å². The third-order valence-electron chi connectivity index (χ3n) is 3.87. The van der Waals surface area contributed by atoms with Crippen molar-refractivity contribution in [2.45, 2.75) is 20.3 Å². The fraction of sp³-hybridized carbons (Fsp3) is 0.625. The number of likely N-dealkylation sites (tertiary alicyclic amines) is 1. The molecule has 0 spiro atoms. The predicted molar refractivity (Wildman–Crippen MR) is 82.5 cm³/mol. The smallest absolute Gasteiger partial charge is 0.256 e. The molecule has 0 aliphatic carbocycles. The predicted octanol–water partition coefficient (Wildman–Crippen LogP) is 1.80. The highest BCUT2D eigenvalue weighted by Gasteiger charge is 2.21. The number of carbonyl (C=O) groups excluding carboxylic acids is 1. The number of ether oxygens (including phenoxy) is 1. The lowest BCUT2D eigenvalue weighted by Crippen LogP contribution is -2.42. The molecule has 0 radical (unpaired) electrons. The summed E-state index contributed by atoms with van der Waals surface area (Å²) in [4.78, 5) is 18.6. The largest absolute Gasteiger partial charge is 0.480 e. The van der Waals surface area contributed by atoms with Gasteiger partial charge in [-0.25, -0.2) is 4.98 Å². The van der Waals surface area contributed by atoms with E-state index in [1.807, 2.05) is 0 Å². The number of hydrogen-bond donors (Lipinski definition) is 1. The van der Waals surface area contributed by atoms with E-state index in [0.29, 0.717) is 18.0 Å². The summed E-state index contributed by atoms with van der Waals surface area (Å²) in [5.74, 6) is 1.72. The van der Waals surface area contributed by atoms with Crippen LogP contribution in [0.25, 0.3) is 0 Å². The van der Waals surface area contributed by atoms with E-state index in [9.17, 15) is 4.79 Å². The molecule has 5 heteroatoms. The summed E-state index contributed by atoms with van der Waals surface area (Å²) in [6, 6.07) is 3.47. The fourth-order valence-electron chi connectivity index (χ4n) is 3.12. The van der Waals surface area contributed by atoms with Crippen molar-refractivity contribution in [2.75, 3.05) is 33.3 Å². The van der Waals surface area contributed by atoms with Crippen molar-refractivity contribution in [3.05, 3.63) is 23.9 Å². The molecule has 1 aromatic rings. The van der Waals surface area contributed by atoms with Gasteiger partial charge < -0.3 is 15.0 Å². The minimum absolute atomic E-state index is 0.127. The number of hydrogen-bond acceptors (Lipinski definition) is 4. The van der Waals surface area contributed by atoms with Gasteiger partial charge in [0.1, 0.15) is 5.56 Å². The maximum atomic E-state index is 12.1. The Morgan fingerprint density at radius 1 is 1.43 bits per heavy atom. The first-order chi connectivity index (χ1) is 10.1. The van der Waals surface area contributed by atoms with E-state index >= 15 is 0 Å². The molecule has 1 amide bonds. The maximum Gasteiger partial charge on any atom is 0.256 e. The van der Waals surface area contributed by atoms with Crippen LogP contribution < -0.4 is 10.1 Å². The topological polar surface area (TPSA) is 54.5 Å². The summed E-state index contributed by atoms with van der Waals surface area (Å²) in [5, 5.41) is 2.95. The Bertz CT molecular complexity index is 468. The molecule has 1 aliphatic rings. The molecule has 0 unspecified atom stereocenters. The molecule has 1 aromatic heterocycles. The normalized spacial score (nSPS) is 22.8. The lowest BCUT2D eigenvalue weighted by atomic mass is 9.92. The SMILES string of the molecule is COc1ncccc1C(=O)NCCN1C[C@H](C)C[C@H](C)C1. The minimum atomic E-state index is -0.127. The van der Waals surface area contributed by atoms with Crippen LogP contribution in [0.4, 0.5) is 0 Å². The second-order valence-electron chi connectivity index (χ2n) is 6.02. The van der Waals surface area contributed by atoms with Gasteiger partial charge in [0.05, 0.1) is 7.11 Å². The Kier molecular flexibility index (Phi) is 5.56. The van der Waals surface area contributed by atoms with Crippen LogP contribution in [-0.4, -0.2) is 49.1 Å². The van der Waals surface area contributed by atoms with E-state index in [2.05, 4.69) is 29.0 Å². The van der Waals surface area contributed by atoms with Gasteiger partial charge in [0.15, 0.2) is 0 Å². The number of nitrogens with one attached hydrogen (secondary N) is 1. The molecule has 0 aromatic carbocycles. The van der Waals surface area contributed by atoms with Gasteiger partial charge in [-0.1, -0.05) is 13.8 Å². The van der Waals surface area contributed by atoms with Crippen LogP contribution in [0.5, 0.6) is 5.88 Å². The zero-order chi connectivity index (χ0) is 15.2. The number of amides is 1. The molecule has 1 aliphatic heterocycles. The molecule has 1 N–H and O–H groups in total. The van der Waals surface area contributed by atoms with Crippen LogP contribution in [0.2, 0.25) is 0 Å². The Morgan fingerprint density at radius 2 is 2.14 bits per heavy atom. The van der Waals surface area contributed by atoms with E-state index in [1.165, 1.54) is 13.5 Å². The summed E-state index contributed by atoms with van der Waals surface area (Å²) in [6.45, 7) is 8.37. The van der Waals surface area contributed by atoms with Gasteiger partial charge in [-0.3, -0.25) is 4.79 Å². The number of piperidine rings is 1. The van der Waals surface area contributed by atoms with Gasteiger partial charge in [0, 0.05) is 32.4 Å². The van der Waals surface area contributed by atoms with Gasteiger partial charge >= 0.3 is 0 Å². The van der Waals surface area contributed by atoms with Gasteiger partial charge in [0.2, 0.25) is 5.88 Å². The first-order valence-corrected chi connectivity index (χ1v) is 7.59. The summed E-state index contributed by atoms with van der Waals surface area (Å²) in [7, 11) is 1.52. The summed E-state index contributed by atoms with van der Waals surface area (Å²) in [5.41, 5.74) is 0.486. The molecule has 0 bridgehead atoms. The third kappa shape index (κ3) is 4.43. The summed E-state index contributed by atoms with van der Waals surface area (Å²) >= 11 is 0. The number of nitrogens with zero attached hydrogens (tertiary/aromatic N) is 2. The number of rotatable bonds is 5. The first-order valence-electron chi connectivity index (χ1n) is 7.59. The van der Waals surface area contributed by atoms with Gasteiger partial charge in [-0.05, 0) is 30.4 Å². The number of aromatic nitrogens is 1. The molecule has 0 saturated carbocycles. The Labute approximate surface area is 126 Å². The highest BCUT2D eigenvalue weighted by molar-refractivity contribution is 5.96. The standard InChI is InChI=1S/C16H25N3O2/c1-12-9-13(2)11-19(10-12)8-7-17-15(20)14-5-4-6-18-16(14)21-3/h4-6,12-13H,7-11H2,1-3H3,(H,17,20)/t12-,13+. The molecule has 2 atom stereocenters. The van der Waals surface area contributed by atoms with E-state index in [0.717, 1.165) is 31.5 Å². The number of pyridine rings is 1. The van der Waals surface area contributed by atoms with Crippen molar-refractivity contribution in [3.63, 3.8) is 0 Å². The summed E-state index contributed by atoms with van der Waals surface area (Å²) in [6.07, 6.45) is 2.92. The van der Waals surface area contributed by atoms with E-state index in [4.69, 9.17) is 4.74 Å². The van der Waals surface area contributed by atoms with Crippen molar-refractivity contribution in [3.8, 4) is 5.88 Å². The Morgan fingerprint density at radius 3 is 2.81 bits per heavy atom. The Balaban J connectivity index is 1.81. The Hall–Kier alpha value is -1.62. The van der Waals surface area contributed by atoms with Crippen LogP contribution in [0.1, 0.15) is 30.6 Å². The molecule has 2 rings (SSSR count). The van der Waals surface area contributed by atoms with Crippen LogP contribution in [0, 0.1) is 11.8 Å². The van der Waals surface area contributed by atoms with Crippen molar-refractivity contribution < 1.29 is 9.53 Å². The molecular weight excluding hydrogens is 266 g/mol. The third-order valence-corrected chi connectivity index (χ3v) is 3.87. The molecule has 21 heavy (non-hydrogen) atoms. The number of carbonyl (C=O) groups is 1. The first kappa shape index (κ1) is 15.8. The zero-order valence-electron chi connectivity index (χ0n) is 13.1. The van der Waals surface area contributed by atoms with Crippen molar-refractivity contribution >= 4 is 5.91 Å². The van der Waals surface area contributed by atoms with Crippen LogP contribution in [0.15, 0.2) is 18.3 Å². The van der Waals surface area contributed by atoms with Crippen LogP contribution in [-0.2, 0) is 0 Å². The van der Waals surface area contributed by atoms with Crippen molar-refractivity contribution in [1.82, 2.24) is 15.2 Å². The fourth-order valence-corrected chi connectivity index (χ4v) is 3.12.